The lowest BCUT2D eigenvalue weighted by molar-refractivity contribution is -0.114. The van der Waals surface area contributed by atoms with E-state index in [0.29, 0.717) is 4.90 Å². The molecule has 3 rings (SSSR count). The van der Waals surface area contributed by atoms with Crippen LogP contribution in [0.5, 0.6) is 11.5 Å². The maximum Gasteiger partial charge on any atom is 0.264 e. The molecule has 0 aliphatic carbocycles. The monoisotopic (exact) mass is 470 g/mol. The molecule has 0 saturated heterocycles. The molecule has 2 aromatic rings. The Balaban J connectivity index is 2.24. The molecule has 1 atom stereocenters. The number of anilines is 1. The summed E-state index contributed by atoms with van der Waals surface area (Å²) >= 11 is 0. The van der Waals surface area contributed by atoms with Gasteiger partial charge in [-0.05, 0) is 36.7 Å². The summed E-state index contributed by atoms with van der Waals surface area (Å²) in [6.45, 7) is -5.66. The van der Waals surface area contributed by atoms with Crippen molar-refractivity contribution in [2.24, 2.45) is 0 Å². The summed E-state index contributed by atoms with van der Waals surface area (Å²) in [5.74, 6) is -5.34. The molecule has 3 amide bonds. The van der Waals surface area contributed by atoms with Gasteiger partial charge < -0.3 is 14.8 Å². The van der Waals surface area contributed by atoms with Crippen LogP contribution in [-0.4, -0.2) is 56.6 Å². The van der Waals surface area contributed by atoms with Gasteiger partial charge in [0, 0.05) is 20.0 Å². The van der Waals surface area contributed by atoms with E-state index in [9.17, 15) is 22.8 Å². The van der Waals surface area contributed by atoms with Crippen LogP contribution in [0.15, 0.2) is 36.4 Å². The summed E-state index contributed by atoms with van der Waals surface area (Å²) in [4.78, 5) is 39.2. The summed E-state index contributed by atoms with van der Waals surface area (Å²) in [6, 6.07) is 4.83. The van der Waals surface area contributed by atoms with Crippen LogP contribution in [-0.2, 0) is 14.6 Å². The lowest BCUT2D eigenvalue weighted by Gasteiger charge is -2.27. The second-order valence-corrected chi connectivity index (χ2v) is 8.41. The predicted molar refractivity (Wildman–Crippen MR) is 118 cm³/mol. The fourth-order valence-electron chi connectivity index (χ4n) is 3.37. The fraction of sp³-hybridized carbons (Fsp3) is 0.318. The van der Waals surface area contributed by atoms with Crippen molar-refractivity contribution >= 4 is 33.2 Å². The molecule has 170 valence electrons. The number of methoxy groups -OCH3 is 1. The highest BCUT2D eigenvalue weighted by Crippen LogP contribution is 2.38. The molecule has 2 aromatic carbocycles. The second-order valence-electron chi connectivity index (χ2n) is 6.75. The van der Waals surface area contributed by atoms with Gasteiger partial charge in [-0.15, -0.1) is 0 Å². The number of hydrogen-bond acceptors (Lipinski definition) is 7. The highest BCUT2D eigenvalue weighted by Gasteiger charge is 2.43. The zero-order valence-corrected chi connectivity index (χ0v) is 17.4. The van der Waals surface area contributed by atoms with Gasteiger partial charge in [0.1, 0.15) is 9.84 Å². The predicted octanol–water partition coefficient (Wildman–Crippen LogP) is 2.43. The van der Waals surface area contributed by atoms with Crippen molar-refractivity contribution in [1.82, 2.24) is 4.90 Å². The van der Waals surface area contributed by atoms with Gasteiger partial charge in [-0.3, -0.25) is 19.3 Å². The van der Waals surface area contributed by atoms with Crippen LogP contribution in [0.25, 0.3) is 0 Å². The minimum Gasteiger partial charge on any atom is -0.493 e. The van der Waals surface area contributed by atoms with Crippen LogP contribution >= 0.6 is 0 Å². The van der Waals surface area contributed by atoms with Crippen molar-refractivity contribution in [3.05, 3.63) is 53.1 Å². The number of rotatable bonds is 8. The number of benzene rings is 2. The van der Waals surface area contributed by atoms with Crippen LogP contribution in [0.1, 0.15) is 59.8 Å². The van der Waals surface area contributed by atoms with E-state index >= 15 is 0 Å². The Labute approximate surface area is 200 Å². The molecule has 0 spiro atoms. The average Bonchev–Trinajstić information content (AvgIpc) is 3.07. The molecule has 10 heteroatoms. The summed E-state index contributed by atoms with van der Waals surface area (Å²) < 4.78 is 110. The molecule has 0 aromatic heterocycles. The maximum atomic E-state index is 13.6. The van der Waals surface area contributed by atoms with Crippen molar-refractivity contribution in [2.75, 3.05) is 30.9 Å². The average molecular weight is 471 g/mol. The van der Waals surface area contributed by atoms with Gasteiger partial charge in [0.05, 0.1) is 49.1 Å². The van der Waals surface area contributed by atoms with Gasteiger partial charge in [0.25, 0.3) is 11.8 Å². The number of carbonyl (C=O) groups excluding carboxylic acids is 3. The van der Waals surface area contributed by atoms with Crippen molar-refractivity contribution in [3.63, 3.8) is 0 Å². The van der Waals surface area contributed by atoms with Crippen molar-refractivity contribution < 1.29 is 46.0 Å². The first-order valence-corrected chi connectivity index (χ1v) is 10.6. The summed E-state index contributed by atoms with van der Waals surface area (Å²) in [5, 5.41) is 2.40. The maximum absolute atomic E-state index is 13.6. The largest absolute Gasteiger partial charge is 0.493 e. The third-order valence-corrected chi connectivity index (χ3v) is 5.36. The lowest BCUT2D eigenvalue weighted by atomic mass is 10.1. The molecule has 0 saturated carbocycles. The van der Waals surface area contributed by atoms with E-state index in [-0.39, 0.29) is 22.4 Å². The van der Waals surface area contributed by atoms with Crippen molar-refractivity contribution in [1.29, 1.82) is 0 Å². The van der Waals surface area contributed by atoms with Crippen LogP contribution < -0.4 is 14.8 Å². The van der Waals surface area contributed by atoms with Crippen LogP contribution in [0.2, 0.25) is 0 Å². The molecule has 1 aliphatic rings. The van der Waals surface area contributed by atoms with Gasteiger partial charge in [-0.1, -0.05) is 12.1 Å². The fourth-order valence-corrected chi connectivity index (χ4v) is 4.15. The third-order valence-electron chi connectivity index (χ3n) is 4.58. The van der Waals surface area contributed by atoms with Gasteiger partial charge in [-0.2, -0.15) is 0 Å². The normalized spacial score (nSPS) is 20.1. The molecule has 0 fully saturated rings. The molecular formula is C22H24N2O7S. The summed E-state index contributed by atoms with van der Waals surface area (Å²) in [7, 11) is -7.79. The Bertz CT molecular complexity index is 1520. The number of nitrogens with one attached hydrogen (secondary N) is 1. The lowest BCUT2D eigenvalue weighted by Crippen LogP contribution is -2.37. The minimum atomic E-state index is -4.67. The van der Waals surface area contributed by atoms with Crippen LogP contribution in [0.4, 0.5) is 5.69 Å². The third kappa shape index (κ3) is 4.59. The number of fused-ring (bicyclic) bond motifs is 1. The Morgan fingerprint density at radius 3 is 2.72 bits per heavy atom. The Kier molecular flexibility index (Phi) is 3.71. The first-order chi connectivity index (χ1) is 19.1. The molecule has 1 aliphatic heterocycles. The van der Waals surface area contributed by atoms with Gasteiger partial charge in [0.2, 0.25) is 5.91 Å². The topological polar surface area (TPSA) is 119 Å². The van der Waals surface area contributed by atoms with E-state index in [1.54, 1.807) is 0 Å². The molecular weight excluding hydrogens is 436 g/mol. The standard InChI is InChI=1S/C22H24N2O7S/c1-5-31-19-11-14(9-10-18(19)30-3)17(12-32(4,28)29)24-21(26)15-7-6-8-16(23-13(2)25)20(15)22(24)27/h6-11,17H,5,12H2,1-4H3,(H,23,25)/t17-/m1/s1/i1D3,3D3,4D2,5D2. The molecule has 0 radical (unpaired) electrons. The van der Waals surface area contributed by atoms with Crippen LogP contribution in [0, 0.1) is 0 Å². The number of imide groups is 1. The number of amides is 3. The zero-order chi connectivity index (χ0) is 32.0. The Hall–Kier alpha value is -3.40. The first-order valence-electron chi connectivity index (χ1n) is 14.1. The molecule has 0 unspecified atom stereocenters. The van der Waals surface area contributed by atoms with Crippen molar-refractivity contribution in [2.45, 2.75) is 19.8 Å². The van der Waals surface area contributed by atoms with Crippen molar-refractivity contribution in [3.8, 4) is 11.5 Å². The highest BCUT2D eigenvalue weighted by molar-refractivity contribution is 7.90. The Morgan fingerprint density at radius 1 is 1.22 bits per heavy atom. The molecule has 9 nitrogen and oxygen atoms in total. The van der Waals surface area contributed by atoms with E-state index < -0.39 is 77.5 Å². The SMILES string of the molecule is [2H]C([2H])S(=O)(=O)C[C@H](c1ccc(OC([2H])([2H])[2H])c(OC([2H])([2H])C([2H])([2H])[2H])c1)N1C(=O)c2cccc(NC(C)=O)c2C1=O. The van der Waals surface area contributed by atoms with Crippen LogP contribution in [0.3, 0.4) is 0 Å². The second kappa shape index (κ2) is 8.99. The number of nitrogens with zero attached hydrogens (tertiary/aromatic N) is 1. The minimum absolute atomic E-state index is 0.0577. The van der Waals surface area contributed by atoms with Gasteiger partial charge in [0.15, 0.2) is 11.5 Å². The van der Waals surface area contributed by atoms with E-state index in [0.717, 1.165) is 25.1 Å². The molecule has 1 heterocycles. The first kappa shape index (κ1) is 13.2. The Morgan fingerprint density at radius 2 is 2.03 bits per heavy atom. The highest BCUT2D eigenvalue weighted by atomic mass is 32.2. The van der Waals surface area contributed by atoms with E-state index in [1.807, 2.05) is 0 Å². The molecule has 1 N–H and O–H groups in total. The number of hydrogen-bond donors (Lipinski definition) is 1. The van der Waals surface area contributed by atoms with E-state index in [1.165, 1.54) is 18.2 Å². The smallest absolute Gasteiger partial charge is 0.264 e. The number of carbonyl (C=O) groups is 3. The number of sulfone groups is 1. The van der Waals surface area contributed by atoms with E-state index in [2.05, 4.69) is 5.32 Å². The van der Waals surface area contributed by atoms with E-state index in [4.69, 9.17) is 23.2 Å². The molecule has 0 bridgehead atoms. The van der Waals surface area contributed by atoms with Gasteiger partial charge >= 0.3 is 0 Å². The quantitative estimate of drug-likeness (QED) is 0.589. The zero-order valence-electron chi connectivity index (χ0n) is 26.5. The number of ether oxygens (including phenoxy) is 2. The summed E-state index contributed by atoms with van der Waals surface area (Å²) in [6.07, 6.45) is -2.45. The molecule has 32 heavy (non-hydrogen) atoms. The summed E-state index contributed by atoms with van der Waals surface area (Å²) in [5.41, 5.74) is -0.841. The van der Waals surface area contributed by atoms with Gasteiger partial charge in [-0.25, -0.2) is 8.42 Å².